The molecule has 0 aliphatic carbocycles. The number of hydrogen-bond donors (Lipinski definition) is 2. The summed E-state index contributed by atoms with van der Waals surface area (Å²) in [5.41, 5.74) is 2.43. The number of nitrogens with zero attached hydrogens (tertiary/aromatic N) is 1. The third-order valence-electron chi connectivity index (χ3n) is 4.73. The van der Waals surface area contributed by atoms with E-state index in [1.165, 1.54) is 36.8 Å². The zero-order valence-corrected chi connectivity index (χ0v) is 19.9. The molecule has 1 saturated heterocycles. The maximum Gasteiger partial charge on any atom is 0.191 e. The summed E-state index contributed by atoms with van der Waals surface area (Å²) in [6, 6.07) is 8.56. The lowest BCUT2D eigenvalue weighted by atomic mass is 10.1. The number of guanidine groups is 1. The fraction of sp³-hybridized carbons (Fsp3) is 0.682. The van der Waals surface area contributed by atoms with Gasteiger partial charge < -0.3 is 20.1 Å². The molecule has 5 nitrogen and oxygen atoms in total. The van der Waals surface area contributed by atoms with Crippen molar-refractivity contribution in [3.8, 4) is 0 Å². The second kappa shape index (κ2) is 16.0. The molecule has 6 heteroatoms. The Bertz CT molecular complexity index is 548. The molecular formula is C22H38IN3O2. The van der Waals surface area contributed by atoms with E-state index in [1.54, 1.807) is 0 Å². The lowest BCUT2D eigenvalue weighted by Gasteiger charge is -2.22. The molecule has 1 heterocycles. The minimum Gasteiger partial charge on any atom is -0.381 e. The summed E-state index contributed by atoms with van der Waals surface area (Å²) >= 11 is 0. The van der Waals surface area contributed by atoms with Gasteiger partial charge in [0.1, 0.15) is 0 Å². The van der Waals surface area contributed by atoms with Crippen LogP contribution in [-0.2, 0) is 22.6 Å². The van der Waals surface area contributed by atoms with Crippen molar-refractivity contribution < 1.29 is 9.47 Å². The minimum absolute atomic E-state index is 0. The van der Waals surface area contributed by atoms with Crippen LogP contribution >= 0.6 is 24.0 Å². The number of halogens is 1. The van der Waals surface area contributed by atoms with Gasteiger partial charge in [0.25, 0.3) is 0 Å². The molecule has 1 aliphatic heterocycles. The third-order valence-corrected chi connectivity index (χ3v) is 4.73. The smallest absolute Gasteiger partial charge is 0.191 e. The molecular weight excluding hydrogens is 465 g/mol. The Kier molecular flexibility index (Phi) is 14.4. The van der Waals surface area contributed by atoms with Gasteiger partial charge in [-0.25, -0.2) is 4.99 Å². The van der Waals surface area contributed by atoms with Crippen molar-refractivity contribution >= 4 is 29.9 Å². The fourth-order valence-corrected chi connectivity index (χ4v) is 3.15. The molecule has 0 saturated carbocycles. The van der Waals surface area contributed by atoms with Crippen LogP contribution in [0, 0.1) is 0 Å². The van der Waals surface area contributed by atoms with E-state index in [1.807, 2.05) is 0 Å². The molecule has 28 heavy (non-hydrogen) atoms. The summed E-state index contributed by atoms with van der Waals surface area (Å²) in [5, 5.41) is 6.76. The van der Waals surface area contributed by atoms with Crippen LogP contribution in [0.4, 0.5) is 0 Å². The first-order valence-electron chi connectivity index (χ1n) is 10.6. The van der Waals surface area contributed by atoms with Crippen molar-refractivity contribution in [1.82, 2.24) is 10.6 Å². The van der Waals surface area contributed by atoms with Crippen LogP contribution in [-0.4, -0.2) is 38.4 Å². The second-order valence-corrected chi connectivity index (χ2v) is 7.13. The molecule has 0 spiro atoms. The first kappa shape index (κ1) is 25.2. The molecule has 0 atom stereocenters. The van der Waals surface area contributed by atoms with Crippen molar-refractivity contribution in [1.29, 1.82) is 0 Å². The van der Waals surface area contributed by atoms with Gasteiger partial charge in [-0.2, -0.15) is 0 Å². The topological polar surface area (TPSA) is 54.9 Å². The minimum atomic E-state index is 0. The van der Waals surface area contributed by atoms with Gasteiger partial charge in [0.2, 0.25) is 0 Å². The maximum absolute atomic E-state index is 6.03. The Morgan fingerprint density at radius 3 is 2.64 bits per heavy atom. The van der Waals surface area contributed by atoms with E-state index < -0.39 is 0 Å². The van der Waals surface area contributed by atoms with Crippen LogP contribution < -0.4 is 10.6 Å². The number of rotatable bonds is 11. The highest BCUT2D eigenvalue weighted by Crippen LogP contribution is 2.14. The van der Waals surface area contributed by atoms with Crippen LogP contribution in [0.25, 0.3) is 0 Å². The number of nitrogens with one attached hydrogen (secondary N) is 2. The largest absolute Gasteiger partial charge is 0.381 e. The number of aliphatic imine (C=N–C) groups is 1. The summed E-state index contributed by atoms with van der Waals surface area (Å²) < 4.78 is 11.4. The molecule has 0 aromatic heterocycles. The van der Waals surface area contributed by atoms with Crippen molar-refractivity contribution in [2.75, 3.05) is 26.3 Å². The van der Waals surface area contributed by atoms with Gasteiger partial charge in [0, 0.05) is 26.3 Å². The standard InChI is InChI=1S/C22H37N3O2.HI/c1-3-5-6-7-13-24-22(23-4-2)25-17-19-9-8-10-20(16-19)18-27-21-11-14-26-15-12-21;/h8-10,16,21H,3-7,11-15,17-18H2,1-2H3,(H2,23,24,25);1H. The van der Waals surface area contributed by atoms with Crippen LogP contribution in [0.1, 0.15) is 63.5 Å². The van der Waals surface area contributed by atoms with Crippen LogP contribution in [0.5, 0.6) is 0 Å². The molecule has 1 aliphatic rings. The summed E-state index contributed by atoms with van der Waals surface area (Å²) in [6.45, 7) is 9.17. The van der Waals surface area contributed by atoms with Gasteiger partial charge in [-0.15, -0.1) is 24.0 Å². The van der Waals surface area contributed by atoms with E-state index >= 15 is 0 Å². The third kappa shape index (κ3) is 10.6. The van der Waals surface area contributed by atoms with Gasteiger partial charge in [-0.3, -0.25) is 0 Å². The van der Waals surface area contributed by atoms with E-state index in [2.05, 4.69) is 48.7 Å². The summed E-state index contributed by atoms with van der Waals surface area (Å²) in [4.78, 5) is 4.73. The molecule has 1 aromatic carbocycles. The zero-order chi connectivity index (χ0) is 19.2. The molecule has 2 N–H and O–H groups in total. The van der Waals surface area contributed by atoms with Gasteiger partial charge in [0.05, 0.1) is 19.3 Å². The van der Waals surface area contributed by atoms with E-state index in [-0.39, 0.29) is 24.0 Å². The molecule has 0 amide bonds. The monoisotopic (exact) mass is 503 g/mol. The van der Waals surface area contributed by atoms with E-state index in [4.69, 9.17) is 14.5 Å². The molecule has 2 rings (SSSR count). The van der Waals surface area contributed by atoms with Crippen molar-refractivity contribution in [2.24, 2.45) is 4.99 Å². The maximum atomic E-state index is 6.03. The van der Waals surface area contributed by atoms with Crippen molar-refractivity contribution in [2.45, 2.75) is 71.6 Å². The fourth-order valence-electron chi connectivity index (χ4n) is 3.15. The zero-order valence-electron chi connectivity index (χ0n) is 17.5. The molecule has 0 unspecified atom stereocenters. The van der Waals surface area contributed by atoms with E-state index in [9.17, 15) is 0 Å². The molecule has 1 fully saturated rings. The van der Waals surface area contributed by atoms with E-state index in [0.717, 1.165) is 45.1 Å². The Hall–Kier alpha value is -0.860. The number of ether oxygens (including phenoxy) is 2. The predicted octanol–water partition coefficient (Wildman–Crippen LogP) is 4.64. The Labute approximate surface area is 188 Å². The quantitative estimate of drug-likeness (QED) is 0.200. The number of unbranched alkanes of at least 4 members (excludes halogenated alkanes) is 3. The number of hydrogen-bond acceptors (Lipinski definition) is 3. The Morgan fingerprint density at radius 2 is 1.89 bits per heavy atom. The highest BCUT2D eigenvalue weighted by atomic mass is 127. The average molecular weight is 503 g/mol. The highest BCUT2D eigenvalue weighted by Gasteiger charge is 2.14. The van der Waals surface area contributed by atoms with Crippen LogP contribution in [0.3, 0.4) is 0 Å². The lowest BCUT2D eigenvalue weighted by molar-refractivity contribution is -0.0390. The van der Waals surface area contributed by atoms with Gasteiger partial charge in [-0.05, 0) is 37.3 Å². The normalized spacial score (nSPS) is 15.1. The Balaban J connectivity index is 0.00000392. The molecule has 1 aromatic rings. The SMILES string of the molecule is CCCCCCNC(=NCc1cccc(COC2CCOCC2)c1)NCC.I. The van der Waals surface area contributed by atoms with Gasteiger partial charge >= 0.3 is 0 Å². The summed E-state index contributed by atoms with van der Waals surface area (Å²) in [5.74, 6) is 0.901. The highest BCUT2D eigenvalue weighted by molar-refractivity contribution is 14.0. The Morgan fingerprint density at radius 1 is 1.11 bits per heavy atom. The predicted molar refractivity (Wildman–Crippen MR) is 127 cm³/mol. The van der Waals surface area contributed by atoms with Crippen LogP contribution in [0.15, 0.2) is 29.3 Å². The molecule has 0 bridgehead atoms. The summed E-state index contributed by atoms with van der Waals surface area (Å²) in [7, 11) is 0. The van der Waals surface area contributed by atoms with E-state index in [0.29, 0.717) is 19.3 Å². The number of benzene rings is 1. The first-order chi connectivity index (χ1) is 13.3. The second-order valence-electron chi connectivity index (χ2n) is 7.13. The van der Waals surface area contributed by atoms with Crippen molar-refractivity contribution in [3.05, 3.63) is 35.4 Å². The first-order valence-corrected chi connectivity index (χ1v) is 10.6. The van der Waals surface area contributed by atoms with Gasteiger partial charge in [-0.1, -0.05) is 50.5 Å². The molecule has 160 valence electrons. The van der Waals surface area contributed by atoms with Crippen LogP contribution in [0.2, 0.25) is 0 Å². The average Bonchev–Trinajstić information content (AvgIpc) is 2.71. The molecule has 0 radical (unpaired) electrons. The van der Waals surface area contributed by atoms with Gasteiger partial charge in [0.15, 0.2) is 5.96 Å². The summed E-state index contributed by atoms with van der Waals surface area (Å²) in [6.07, 6.45) is 7.37. The lowest BCUT2D eigenvalue weighted by Crippen LogP contribution is -2.37. The van der Waals surface area contributed by atoms with Crippen molar-refractivity contribution in [3.63, 3.8) is 0 Å².